The van der Waals surface area contributed by atoms with Crippen molar-refractivity contribution < 1.29 is 43.1 Å². The minimum atomic E-state index is 0. The van der Waals surface area contributed by atoms with E-state index >= 15 is 0 Å². The van der Waals surface area contributed by atoms with Crippen LogP contribution in [0.1, 0.15) is 85.7 Å². The lowest BCUT2D eigenvalue weighted by Gasteiger charge is -2.18. The molecule has 0 spiro atoms. The van der Waals surface area contributed by atoms with Crippen LogP contribution in [0.2, 0.25) is 0 Å². The second-order valence-electron chi connectivity index (χ2n) is 11.4. The summed E-state index contributed by atoms with van der Waals surface area (Å²) < 4.78 is 4.65. The van der Waals surface area contributed by atoms with Gasteiger partial charge in [0.25, 0.3) is 0 Å². The predicted octanol–water partition coefficient (Wildman–Crippen LogP) is -0.533. The van der Waals surface area contributed by atoms with Crippen LogP contribution < -0.4 is 43.1 Å². The average molecular weight is 693 g/mol. The number of aromatic nitrogens is 2. The van der Waals surface area contributed by atoms with Crippen molar-refractivity contribution >= 4 is 0 Å². The van der Waals surface area contributed by atoms with Crippen molar-refractivity contribution in [2.75, 3.05) is 27.2 Å². The third-order valence-corrected chi connectivity index (χ3v) is 8.38. The molecule has 4 heterocycles. The van der Waals surface area contributed by atoms with Gasteiger partial charge in [0.05, 0.1) is 0 Å². The van der Waals surface area contributed by atoms with Gasteiger partial charge in [-0.3, -0.25) is 9.80 Å². The summed E-state index contributed by atoms with van der Waals surface area (Å²) in [5.74, 6) is 13.6. The number of aryl methyl sites for hydroxylation is 2. The Morgan fingerprint density at radius 3 is 1.52 bits per heavy atom. The van der Waals surface area contributed by atoms with Gasteiger partial charge in [0.2, 0.25) is 0 Å². The fourth-order valence-electron chi connectivity index (χ4n) is 6.14. The average Bonchev–Trinajstić information content (AvgIpc) is 3.61. The Hall–Kier alpha value is -2.48. The number of hydrogen-bond donors (Lipinski definition) is 0. The molecule has 2 saturated heterocycles. The zero-order valence-corrected chi connectivity index (χ0v) is 28.3. The molecule has 0 amide bonds. The first kappa shape index (κ1) is 34.0. The molecule has 42 heavy (non-hydrogen) atoms. The molecule has 6 heteroatoms. The van der Waals surface area contributed by atoms with E-state index in [-0.39, 0.29) is 34.0 Å². The number of halogens is 2. The van der Waals surface area contributed by atoms with Crippen molar-refractivity contribution in [2.45, 2.75) is 76.5 Å². The zero-order valence-electron chi connectivity index (χ0n) is 25.1. The molecular formula is C36H44Br2N4. The molecule has 3 aromatic rings. The molecule has 4 nitrogen and oxygen atoms in total. The van der Waals surface area contributed by atoms with Gasteiger partial charge in [0, 0.05) is 72.2 Å². The highest BCUT2D eigenvalue weighted by Gasteiger charge is 2.25. The maximum absolute atomic E-state index is 3.40. The Balaban J connectivity index is 0.00000242. The van der Waals surface area contributed by atoms with Crippen molar-refractivity contribution in [1.29, 1.82) is 0 Å². The van der Waals surface area contributed by atoms with E-state index in [2.05, 4.69) is 130 Å². The molecule has 2 aliphatic heterocycles. The smallest absolute Gasteiger partial charge is 0.173 e. The van der Waals surface area contributed by atoms with Crippen LogP contribution in [0.3, 0.4) is 0 Å². The topological polar surface area (TPSA) is 14.2 Å². The highest BCUT2D eigenvalue weighted by molar-refractivity contribution is 5.49. The van der Waals surface area contributed by atoms with E-state index in [1.54, 1.807) is 0 Å². The summed E-state index contributed by atoms with van der Waals surface area (Å²) in [5.41, 5.74) is 4.95. The monoisotopic (exact) mass is 690 g/mol. The summed E-state index contributed by atoms with van der Waals surface area (Å²) in [4.78, 5) is 4.94. The molecule has 1 aromatic carbocycles. The van der Waals surface area contributed by atoms with Gasteiger partial charge >= 0.3 is 0 Å². The Kier molecular flexibility index (Phi) is 14.2. The Labute approximate surface area is 274 Å². The van der Waals surface area contributed by atoms with Gasteiger partial charge < -0.3 is 34.0 Å². The normalized spacial score (nSPS) is 18.2. The van der Waals surface area contributed by atoms with Gasteiger partial charge in [-0.2, -0.15) is 0 Å². The van der Waals surface area contributed by atoms with E-state index in [9.17, 15) is 0 Å². The van der Waals surface area contributed by atoms with Gasteiger partial charge in [0.15, 0.2) is 24.8 Å². The van der Waals surface area contributed by atoms with Crippen LogP contribution in [0.15, 0.2) is 73.3 Å². The quantitative estimate of drug-likeness (QED) is 0.179. The van der Waals surface area contributed by atoms with Gasteiger partial charge in [-0.05, 0) is 77.1 Å². The molecule has 0 unspecified atom stereocenters. The largest absolute Gasteiger partial charge is 1.00 e. The molecule has 2 fully saturated rings. The fourth-order valence-corrected chi connectivity index (χ4v) is 6.14. The maximum atomic E-state index is 3.40. The van der Waals surface area contributed by atoms with Crippen LogP contribution in [0.4, 0.5) is 0 Å². The molecule has 0 bridgehead atoms. The van der Waals surface area contributed by atoms with Crippen molar-refractivity contribution in [3.63, 3.8) is 0 Å². The zero-order chi connectivity index (χ0) is 27.6. The van der Waals surface area contributed by atoms with E-state index in [1.807, 2.05) is 0 Å². The van der Waals surface area contributed by atoms with Crippen LogP contribution in [-0.4, -0.2) is 37.0 Å². The summed E-state index contributed by atoms with van der Waals surface area (Å²) in [7, 11) is 4.48. The molecule has 222 valence electrons. The second-order valence-corrected chi connectivity index (χ2v) is 11.4. The van der Waals surface area contributed by atoms with Crippen LogP contribution in [0, 0.1) is 23.7 Å². The number of rotatable bonds is 8. The summed E-state index contributed by atoms with van der Waals surface area (Å²) in [6.45, 7) is 4.40. The van der Waals surface area contributed by atoms with Gasteiger partial charge in [-0.15, -0.1) is 0 Å². The summed E-state index contributed by atoms with van der Waals surface area (Å²) in [6, 6.07) is 18.4. The first-order chi connectivity index (χ1) is 19.7. The first-order valence-corrected chi connectivity index (χ1v) is 15.1. The van der Waals surface area contributed by atoms with Crippen LogP contribution in [-0.2, 0) is 13.1 Å². The summed E-state index contributed by atoms with van der Waals surface area (Å²) >= 11 is 0. The SMILES string of the molecule is CN1CCC[C@H]1c1ccc[n+](CCCC#Cc2ccccc2C#CCCC[n+]2cccc([C@@H]3CCCN3C)c2)c1.[Br-].[Br-]. The first-order valence-electron chi connectivity index (χ1n) is 15.1. The van der Waals surface area contributed by atoms with E-state index < -0.39 is 0 Å². The number of hydrogen-bond acceptors (Lipinski definition) is 2. The number of pyridine rings is 2. The third-order valence-electron chi connectivity index (χ3n) is 8.38. The number of benzene rings is 1. The number of nitrogens with zero attached hydrogens (tertiary/aromatic N) is 4. The molecule has 2 aliphatic rings. The molecular weight excluding hydrogens is 648 g/mol. The van der Waals surface area contributed by atoms with E-state index in [4.69, 9.17) is 0 Å². The van der Waals surface area contributed by atoms with Gasteiger partial charge in [0.1, 0.15) is 13.1 Å². The fraction of sp³-hybridized carbons (Fsp3) is 0.444. The lowest BCUT2D eigenvalue weighted by atomic mass is 10.1. The number of unbranched alkanes of at least 4 members (excludes halogenated alkanes) is 2. The molecule has 0 aliphatic carbocycles. The summed E-state index contributed by atoms with van der Waals surface area (Å²) in [6.07, 6.45) is 18.0. The van der Waals surface area contributed by atoms with Crippen molar-refractivity contribution in [3.8, 4) is 23.7 Å². The van der Waals surface area contributed by atoms with Crippen molar-refractivity contribution in [3.05, 3.63) is 95.6 Å². The van der Waals surface area contributed by atoms with Crippen LogP contribution in [0.25, 0.3) is 0 Å². The third kappa shape index (κ3) is 9.51. The standard InChI is InChI=1S/C36H44N4.2BrH/c1-37-23-13-21-35(37)33-19-11-27-39(29-33)25-9-3-5-15-31-17-7-8-18-32(31)16-6-4-10-26-40-28-12-20-34(30-40)36-22-14-24-38(36)2;;/h7-8,11-12,17-20,27-30,35-36H,3-4,9-10,13-14,21-26H2,1-2H3;2*1H/q+2;;/p-2/t35-,36-;;/m0../s1. The lowest BCUT2D eigenvalue weighted by molar-refractivity contribution is -0.697. The van der Waals surface area contributed by atoms with Crippen molar-refractivity contribution in [1.82, 2.24) is 9.80 Å². The molecule has 2 aromatic heterocycles. The van der Waals surface area contributed by atoms with E-state index in [0.717, 1.165) is 49.9 Å². The van der Waals surface area contributed by atoms with Crippen LogP contribution in [0.5, 0.6) is 0 Å². The van der Waals surface area contributed by atoms with Gasteiger partial charge in [-0.25, -0.2) is 9.13 Å². The predicted molar refractivity (Wildman–Crippen MR) is 161 cm³/mol. The Morgan fingerprint density at radius 2 is 1.12 bits per heavy atom. The minimum absolute atomic E-state index is 0. The maximum Gasteiger partial charge on any atom is 0.173 e. The van der Waals surface area contributed by atoms with Crippen molar-refractivity contribution in [2.24, 2.45) is 0 Å². The highest BCUT2D eigenvalue weighted by atomic mass is 79.9. The molecule has 5 rings (SSSR count). The second kappa shape index (κ2) is 17.6. The Morgan fingerprint density at radius 1 is 0.667 bits per heavy atom. The summed E-state index contributed by atoms with van der Waals surface area (Å²) in [5, 5.41) is 0. The highest BCUT2D eigenvalue weighted by Crippen LogP contribution is 2.30. The van der Waals surface area contributed by atoms with E-state index in [1.165, 1.54) is 49.9 Å². The minimum Gasteiger partial charge on any atom is -1.00 e. The van der Waals surface area contributed by atoms with Crippen LogP contribution >= 0.6 is 0 Å². The molecule has 0 N–H and O–H groups in total. The van der Waals surface area contributed by atoms with Gasteiger partial charge in [-0.1, -0.05) is 35.8 Å². The number of likely N-dealkylation sites (tertiary alicyclic amines) is 2. The molecule has 2 atom stereocenters. The Bertz CT molecular complexity index is 1290. The van der Waals surface area contributed by atoms with E-state index in [0.29, 0.717) is 12.1 Å². The molecule has 0 saturated carbocycles. The molecule has 0 radical (unpaired) electrons. The lowest BCUT2D eigenvalue weighted by Crippen LogP contribution is -3.00.